The number of aromatic nitrogens is 1. The van der Waals surface area contributed by atoms with Crippen LogP contribution in [0.25, 0.3) is 10.9 Å². The van der Waals surface area contributed by atoms with Gasteiger partial charge in [0.25, 0.3) is 0 Å². The molecule has 0 radical (unpaired) electrons. The van der Waals surface area contributed by atoms with Crippen LogP contribution in [0.15, 0.2) is 85.1 Å². The molecule has 0 aliphatic carbocycles. The SMILES string of the molecule is CCCCCCNC(=O)C[C@@H](c1cccc(Oc2ccccc2)c1)c1cn(CC)c2ccccc12. The van der Waals surface area contributed by atoms with E-state index in [1.165, 1.54) is 29.3 Å². The van der Waals surface area contributed by atoms with Gasteiger partial charge in [0, 0.05) is 42.5 Å². The lowest BCUT2D eigenvalue weighted by Crippen LogP contribution is -2.26. The number of nitrogens with one attached hydrogen (secondary N) is 1. The van der Waals surface area contributed by atoms with E-state index in [9.17, 15) is 4.79 Å². The molecule has 0 saturated carbocycles. The largest absolute Gasteiger partial charge is 0.457 e. The van der Waals surface area contributed by atoms with E-state index in [2.05, 4.69) is 66.3 Å². The van der Waals surface area contributed by atoms with Crippen molar-refractivity contribution < 1.29 is 9.53 Å². The van der Waals surface area contributed by atoms with Gasteiger partial charge in [0.2, 0.25) is 5.91 Å². The molecule has 0 spiro atoms. The molecule has 0 unspecified atom stereocenters. The lowest BCUT2D eigenvalue weighted by Gasteiger charge is -2.18. The van der Waals surface area contributed by atoms with Crippen LogP contribution in [0.3, 0.4) is 0 Å². The first-order chi connectivity index (χ1) is 17.2. The van der Waals surface area contributed by atoms with Crippen molar-refractivity contribution in [3.8, 4) is 11.5 Å². The van der Waals surface area contributed by atoms with Crippen LogP contribution in [-0.2, 0) is 11.3 Å². The van der Waals surface area contributed by atoms with Crippen LogP contribution in [0.2, 0.25) is 0 Å². The monoisotopic (exact) mass is 468 g/mol. The molecular weight excluding hydrogens is 432 g/mol. The van der Waals surface area contributed by atoms with E-state index in [0.29, 0.717) is 6.42 Å². The minimum Gasteiger partial charge on any atom is -0.457 e. The molecular formula is C31H36N2O2. The summed E-state index contributed by atoms with van der Waals surface area (Å²) >= 11 is 0. The van der Waals surface area contributed by atoms with Gasteiger partial charge in [-0.25, -0.2) is 0 Å². The van der Waals surface area contributed by atoms with Gasteiger partial charge in [0.1, 0.15) is 11.5 Å². The first kappa shape index (κ1) is 24.6. The van der Waals surface area contributed by atoms with Gasteiger partial charge < -0.3 is 14.6 Å². The summed E-state index contributed by atoms with van der Waals surface area (Å²) in [5.41, 5.74) is 3.46. The number of benzene rings is 3. The van der Waals surface area contributed by atoms with Crippen LogP contribution >= 0.6 is 0 Å². The van der Waals surface area contributed by atoms with Gasteiger partial charge in [-0.05, 0) is 54.8 Å². The molecule has 0 aliphatic heterocycles. The van der Waals surface area contributed by atoms with Gasteiger partial charge in [-0.15, -0.1) is 0 Å². The number of carbonyl (C=O) groups is 1. The maximum atomic E-state index is 13.1. The normalized spacial score (nSPS) is 11.9. The number of unbranched alkanes of at least 4 members (excludes halogenated alkanes) is 3. The molecule has 0 bridgehead atoms. The van der Waals surface area contributed by atoms with Crippen molar-refractivity contribution in [3.63, 3.8) is 0 Å². The van der Waals surface area contributed by atoms with Crippen molar-refractivity contribution in [2.75, 3.05) is 6.54 Å². The van der Waals surface area contributed by atoms with Crippen molar-refractivity contribution in [2.24, 2.45) is 0 Å². The number of fused-ring (bicyclic) bond motifs is 1. The predicted molar refractivity (Wildman–Crippen MR) is 144 cm³/mol. The van der Waals surface area contributed by atoms with E-state index >= 15 is 0 Å². The number of rotatable bonds is 12. The second-order valence-corrected chi connectivity index (χ2v) is 9.04. The fourth-order valence-electron chi connectivity index (χ4n) is 4.68. The lowest BCUT2D eigenvalue weighted by atomic mass is 9.88. The molecule has 3 aromatic carbocycles. The Balaban J connectivity index is 1.64. The molecule has 1 aromatic heterocycles. The molecule has 0 aliphatic rings. The Bertz CT molecular complexity index is 1230. The summed E-state index contributed by atoms with van der Waals surface area (Å²) in [6, 6.07) is 26.4. The van der Waals surface area contributed by atoms with Crippen molar-refractivity contribution in [3.05, 3.63) is 96.2 Å². The molecule has 35 heavy (non-hydrogen) atoms. The Morgan fingerprint density at radius 2 is 1.66 bits per heavy atom. The van der Waals surface area contributed by atoms with Crippen molar-refractivity contribution in [1.82, 2.24) is 9.88 Å². The summed E-state index contributed by atoms with van der Waals surface area (Å²) in [6.07, 6.45) is 7.21. The zero-order valence-electron chi connectivity index (χ0n) is 20.9. The number of hydrogen-bond acceptors (Lipinski definition) is 2. The zero-order chi connectivity index (χ0) is 24.5. The minimum absolute atomic E-state index is 0.0670. The number of amides is 1. The summed E-state index contributed by atoms with van der Waals surface area (Å²) in [5.74, 6) is 1.60. The van der Waals surface area contributed by atoms with Crippen LogP contribution in [0.5, 0.6) is 11.5 Å². The topological polar surface area (TPSA) is 43.3 Å². The molecule has 1 N–H and O–H groups in total. The van der Waals surface area contributed by atoms with Gasteiger partial charge in [0.15, 0.2) is 0 Å². The second-order valence-electron chi connectivity index (χ2n) is 9.04. The Morgan fingerprint density at radius 3 is 2.46 bits per heavy atom. The number of para-hydroxylation sites is 2. The molecule has 4 heteroatoms. The highest BCUT2D eigenvalue weighted by Crippen LogP contribution is 2.36. The number of carbonyl (C=O) groups excluding carboxylic acids is 1. The average molecular weight is 469 g/mol. The molecule has 182 valence electrons. The molecule has 1 heterocycles. The van der Waals surface area contributed by atoms with Gasteiger partial charge >= 0.3 is 0 Å². The Hall–Kier alpha value is -3.53. The van der Waals surface area contributed by atoms with Gasteiger partial charge in [-0.1, -0.05) is 74.7 Å². The maximum absolute atomic E-state index is 13.1. The third-order valence-corrected chi connectivity index (χ3v) is 6.52. The van der Waals surface area contributed by atoms with E-state index in [0.717, 1.165) is 43.0 Å². The summed E-state index contributed by atoms with van der Waals surface area (Å²) in [5, 5.41) is 4.36. The fourth-order valence-corrected chi connectivity index (χ4v) is 4.68. The molecule has 1 atom stereocenters. The number of aryl methyl sites for hydroxylation is 1. The molecule has 1 amide bonds. The summed E-state index contributed by atoms with van der Waals surface area (Å²) < 4.78 is 8.39. The fraction of sp³-hybridized carbons (Fsp3) is 0.323. The average Bonchev–Trinajstić information content (AvgIpc) is 3.26. The van der Waals surface area contributed by atoms with Crippen molar-refractivity contribution in [1.29, 1.82) is 0 Å². The summed E-state index contributed by atoms with van der Waals surface area (Å²) in [7, 11) is 0. The highest BCUT2D eigenvalue weighted by Gasteiger charge is 2.23. The van der Waals surface area contributed by atoms with E-state index < -0.39 is 0 Å². The maximum Gasteiger partial charge on any atom is 0.220 e. The first-order valence-electron chi connectivity index (χ1n) is 12.9. The minimum atomic E-state index is -0.0670. The Morgan fingerprint density at radius 1 is 0.886 bits per heavy atom. The third kappa shape index (κ3) is 6.33. The quantitative estimate of drug-likeness (QED) is 0.217. The van der Waals surface area contributed by atoms with Crippen LogP contribution in [0.1, 0.15) is 63.0 Å². The van der Waals surface area contributed by atoms with E-state index in [4.69, 9.17) is 4.74 Å². The highest BCUT2D eigenvalue weighted by atomic mass is 16.5. The van der Waals surface area contributed by atoms with Gasteiger partial charge in [-0.2, -0.15) is 0 Å². The molecule has 4 aromatic rings. The lowest BCUT2D eigenvalue weighted by molar-refractivity contribution is -0.121. The van der Waals surface area contributed by atoms with Crippen molar-refractivity contribution >= 4 is 16.8 Å². The number of hydrogen-bond donors (Lipinski definition) is 1. The molecule has 4 rings (SSSR count). The molecule has 0 fully saturated rings. The van der Waals surface area contributed by atoms with Crippen molar-refractivity contribution in [2.45, 2.75) is 58.4 Å². The summed E-state index contributed by atoms with van der Waals surface area (Å²) in [4.78, 5) is 13.1. The van der Waals surface area contributed by atoms with E-state index in [1.54, 1.807) is 0 Å². The van der Waals surface area contributed by atoms with Crippen LogP contribution in [0, 0.1) is 0 Å². The standard InChI is InChI=1S/C31H36N2O2/c1-3-5-6-12-20-32-31(34)22-28(29-23-33(4-2)30-19-11-10-18-27(29)30)24-14-13-17-26(21-24)35-25-15-8-7-9-16-25/h7-11,13-19,21,23,28H,3-6,12,20,22H2,1-2H3,(H,32,34)/t28-/m0/s1. The highest BCUT2D eigenvalue weighted by molar-refractivity contribution is 5.86. The predicted octanol–water partition coefficient (Wildman–Crippen LogP) is 7.67. The van der Waals surface area contributed by atoms with Gasteiger partial charge in [0.05, 0.1) is 0 Å². The number of nitrogens with zero attached hydrogens (tertiary/aromatic N) is 1. The Kier molecular flexibility index (Phi) is 8.61. The van der Waals surface area contributed by atoms with E-state index in [-0.39, 0.29) is 11.8 Å². The molecule has 4 nitrogen and oxygen atoms in total. The van der Waals surface area contributed by atoms with Gasteiger partial charge in [-0.3, -0.25) is 4.79 Å². The second kappa shape index (κ2) is 12.3. The zero-order valence-corrected chi connectivity index (χ0v) is 20.9. The van der Waals surface area contributed by atoms with E-state index in [1.807, 2.05) is 42.5 Å². The Labute approximate surface area is 208 Å². The van der Waals surface area contributed by atoms with Crippen LogP contribution < -0.4 is 10.1 Å². The molecule has 0 saturated heterocycles. The third-order valence-electron chi connectivity index (χ3n) is 6.52. The van der Waals surface area contributed by atoms with Crippen LogP contribution in [-0.4, -0.2) is 17.0 Å². The van der Waals surface area contributed by atoms with Crippen LogP contribution in [0.4, 0.5) is 0 Å². The smallest absolute Gasteiger partial charge is 0.220 e. The number of ether oxygens (including phenoxy) is 1. The first-order valence-corrected chi connectivity index (χ1v) is 12.9. The summed E-state index contributed by atoms with van der Waals surface area (Å²) in [6.45, 7) is 5.97.